The van der Waals surface area contributed by atoms with Crippen molar-refractivity contribution in [1.82, 2.24) is 4.57 Å². The molecule has 0 aliphatic carbocycles. The van der Waals surface area contributed by atoms with Gasteiger partial charge in [0, 0.05) is 4.88 Å². The van der Waals surface area contributed by atoms with Crippen LogP contribution in [0.25, 0.3) is 12.2 Å². The first-order valence-electron chi connectivity index (χ1n) is 9.94. The average Bonchev–Trinajstić information content (AvgIpc) is 3.36. The summed E-state index contributed by atoms with van der Waals surface area (Å²) in [4.78, 5) is 32.3. The topological polar surface area (TPSA) is 60.7 Å². The molecule has 4 rings (SSSR count). The van der Waals surface area contributed by atoms with Crippen molar-refractivity contribution < 1.29 is 9.53 Å². The van der Waals surface area contributed by atoms with Gasteiger partial charge in [0.2, 0.25) is 0 Å². The molecule has 1 aliphatic rings. The highest BCUT2D eigenvalue weighted by Gasteiger charge is 2.34. The lowest BCUT2D eigenvalue weighted by Crippen LogP contribution is -2.39. The van der Waals surface area contributed by atoms with Crippen molar-refractivity contribution in [3.63, 3.8) is 0 Å². The number of esters is 1. The third kappa shape index (κ3) is 4.38. The number of ether oxygens (including phenoxy) is 1. The molecule has 0 spiro atoms. The normalized spacial score (nSPS) is 16.6. The Morgan fingerprint density at radius 3 is 2.65 bits per heavy atom. The molecular weight excluding hydrogens is 428 g/mol. The van der Waals surface area contributed by atoms with Gasteiger partial charge >= 0.3 is 5.97 Å². The Kier molecular flexibility index (Phi) is 6.15. The number of thiazole rings is 1. The molecule has 0 radical (unpaired) electrons. The van der Waals surface area contributed by atoms with Gasteiger partial charge in [-0.15, -0.1) is 11.3 Å². The summed E-state index contributed by atoms with van der Waals surface area (Å²) in [6, 6.07) is 13.2. The predicted molar refractivity (Wildman–Crippen MR) is 126 cm³/mol. The van der Waals surface area contributed by atoms with E-state index in [4.69, 9.17) is 4.74 Å². The number of benzene rings is 1. The van der Waals surface area contributed by atoms with Gasteiger partial charge in [0.25, 0.3) is 5.56 Å². The summed E-state index contributed by atoms with van der Waals surface area (Å²) in [6.45, 7) is 5.41. The van der Waals surface area contributed by atoms with E-state index in [2.05, 4.69) is 4.99 Å². The Morgan fingerprint density at radius 2 is 1.97 bits per heavy atom. The van der Waals surface area contributed by atoms with Crippen LogP contribution in [0.2, 0.25) is 0 Å². The van der Waals surface area contributed by atoms with Crippen LogP contribution in [0.5, 0.6) is 0 Å². The van der Waals surface area contributed by atoms with Gasteiger partial charge in [0.15, 0.2) is 4.80 Å². The van der Waals surface area contributed by atoms with Gasteiger partial charge in [0.1, 0.15) is 6.04 Å². The SMILES string of the molecule is CC1=C(C(=O)OC(C)C)[C@H](c2cccs2)n2c(s/c(=C/C=C/c3ccccc3)c2=O)=N1. The molecule has 2 aromatic heterocycles. The second-order valence-corrected chi connectivity index (χ2v) is 9.33. The third-order valence-electron chi connectivity index (χ3n) is 4.73. The lowest BCUT2D eigenvalue weighted by Gasteiger charge is -2.24. The highest BCUT2D eigenvalue weighted by Crippen LogP contribution is 2.33. The third-order valence-corrected chi connectivity index (χ3v) is 6.66. The zero-order valence-electron chi connectivity index (χ0n) is 17.4. The molecular formula is C24H22N2O3S2. The van der Waals surface area contributed by atoms with Crippen molar-refractivity contribution >= 4 is 40.8 Å². The van der Waals surface area contributed by atoms with Gasteiger partial charge < -0.3 is 4.74 Å². The van der Waals surface area contributed by atoms with Gasteiger partial charge in [-0.3, -0.25) is 9.36 Å². The van der Waals surface area contributed by atoms with Crippen molar-refractivity contribution in [3.8, 4) is 0 Å². The van der Waals surface area contributed by atoms with Gasteiger partial charge in [0.05, 0.1) is 21.9 Å². The molecule has 0 amide bonds. The number of hydrogen-bond donors (Lipinski definition) is 0. The number of allylic oxidation sites excluding steroid dienone is 2. The number of carbonyl (C=O) groups is 1. The molecule has 3 aromatic rings. The fourth-order valence-corrected chi connectivity index (χ4v) is 5.22. The summed E-state index contributed by atoms with van der Waals surface area (Å²) >= 11 is 2.83. The number of carbonyl (C=O) groups excluding carboxylic acids is 1. The maximum Gasteiger partial charge on any atom is 0.338 e. The van der Waals surface area contributed by atoms with E-state index >= 15 is 0 Å². The van der Waals surface area contributed by atoms with Crippen LogP contribution in [0.1, 0.15) is 37.3 Å². The summed E-state index contributed by atoms with van der Waals surface area (Å²) in [5.41, 5.74) is 1.88. The molecule has 0 fully saturated rings. The first-order valence-corrected chi connectivity index (χ1v) is 11.6. The molecule has 0 bridgehead atoms. The minimum atomic E-state index is -0.539. The molecule has 7 heteroatoms. The smallest absolute Gasteiger partial charge is 0.338 e. The Balaban J connectivity index is 1.82. The molecule has 0 saturated carbocycles. The lowest BCUT2D eigenvalue weighted by atomic mass is 10.0. The van der Waals surface area contributed by atoms with E-state index in [0.717, 1.165) is 10.4 Å². The van der Waals surface area contributed by atoms with Crippen LogP contribution in [0.3, 0.4) is 0 Å². The summed E-state index contributed by atoms with van der Waals surface area (Å²) < 4.78 is 7.66. The molecule has 1 aliphatic heterocycles. The van der Waals surface area contributed by atoms with Crippen molar-refractivity contribution in [2.75, 3.05) is 0 Å². The summed E-state index contributed by atoms with van der Waals surface area (Å²) in [5, 5.41) is 1.94. The molecule has 1 atom stereocenters. The van der Waals surface area contributed by atoms with Crippen LogP contribution in [0, 0.1) is 0 Å². The molecule has 0 unspecified atom stereocenters. The van der Waals surface area contributed by atoms with E-state index < -0.39 is 12.0 Å². The number of rotatable bonds is 5. The Labute approximate surface area is 188 Å². The molecule has 1 aromatic carbocycles. The minimum Gasteiger partial charge on any atom is -0.459 e. The fourth-order valence-electron chi connectivity index (χ4n) is 3.40. The van der Waals surface area contributed by atoms with Crippen LogP contribution in [-0.2, 0) is 9.53 Å². The van der Waals surface area contributed by atoms with Gasteiger partial charge in [-0.1, -0.05) is 59.9 Å². The number of hydrogen-bond acceptors (Lipinski definition) is 6. The van der Waals surface area contributed by atoms with Gasteiger partial charge in [-0.25, -0.2) is 9.79 Å². The van der Waals surface area contributed by atoms with Crippen LogP contribution in [0.4, 0.5) is 0 Å². The van der Waals surface area contributed by atoms with Crippen LogP contribution >= 0.6 is 22.7 Å². The van der Waals surface area contributed by atoms with Crippen molar-refractivity contribution in [1.29, 1.82) is 0 Å². The van der Waals surface area contributed by atoms with Crippen molar-refractivity contribution in [2.24, 2.45) is 4.99 Å². The first kappa shape index (κ1) is 21.2. The quantitative estimate of drug-likeness (QED) is 0.554. The van der Waals surface area contributed by atoms with Crippen LogP contribution in [-0.4, -0.2) is 16.6 Å². The standard InChI is InChI=1S/C24H22N2O3S2/c1-15(2)29-23(28)20-16(3)25-24-26(21(20)18-13-8-14-30-18)22(27)19(31-24)12-7-11-17-9-5-4-6-10-17/h4-15,21H,1-3H3/b11-7+,19-12+/t21-/m0/s1. The fraction of sp³-hybridized carbons (Fsp3) is 0.208. The zero-order valence-corrected chi connectivity index (χ0v) is 19.1. The highest BCUT2D eigenvalue weighted by molar-refractivity contribution is 7.10. The van der Waals surface area contributed by atoms with Crippen LogP contribution < -0.4 is 14.9 Å². The minimum absolute atomic E-state index is 0.165. The second kappa shape index (κ2) is 8.99. The maximum absolute atomic E-state index is 13.3. The number of thiophene rings is 1. The molecule has 31 heavy (non-hydrogen) atoms. The van der Waals surface area contributed by atoms with E-state index in [1.807, 2.05) is 73.8 Å². The first-order chi connectivity index (χ1) is 15.0. The van der Waals surface area contributed by atoms with Gasteiger partial charge in [-0.05, 0) is 43.9 Å². The van der Waals surface area contributed by atoms with E-state index in [-0.39, 0.29) is 11.7 Å². The van der Waals surface area contributed by atoms with Gasteiger partial charge in [-0.2, -0.15) is 0 Å². The summed E-state index contributed by atoms with van der Waals surface area (Å²) in [6.07, 6.45) is 5.35. The largest absolute Gasteiger partial charge is 0.459 e. The second-order valence-electron chi connectivity index (χ2n) is 7.34. The Morgan fingerprint density at radius 1 is 1.19 bits per heavy atom. The summed E-state index contributed by atoms with van der Waals surface area (Å²) in [5.74, 6) is -0.437. The molecule has 158 valence electrons. The van der Waals surface area contributed by atoms with E-state index in [1.165, 1.54) is 22.7 Å². The van der Waals surface area contributed by atoms with E-state index in [9.17, 15) is 9.59 Å². The van der Waals surface area contributed by atoms with E-state index in [0.29, 0.717) is 20.6 Å². The van der Waals surface area contributed by atoms with Crippen molar-refractivity contribution in [2.45, 2.75) is 32.9 Å². The molecule has 3 heterocycles. The number of aromatic nitrogens is 1. The number of fused-ring (bicyclic) bond motifs is 1. The van der Waals surface area contributed by atoms with Crippen LogP contribution in [0.15, 0.2) is 75.0 Å². The van der Waals surface area contributed by atoms with Crippen molar-refractivity contribution in [3.05, 3.63) is 95.3 Å². The van der Waals surface area contributed by atoms with E-state index in [1.54, 1.807) is 17.6 Å². The number of nitrogens with zero attached hydrogens (tertiary/aromatic N) is 2. The molecule has 5 nitrogen and oxygen atoms in total. The Hall–Kier alpha value is -3.03. The lowest BCUT2D eigenvalue weighted by molar-refractivity contribution is -0.143. The predicted octanol–water partition coefficient (Wildman–Crippen LogP) is 3.91. The zero-order chi connectivity index (χ0) is 22.0. The maximum atomic E-state index is 13.3. The summed E-state index contributed by atoms with van der Waals surface area (Å²) in [7, 11) is 0. The average molecular weight is 451 g/mol. The Bertz CT molecular complexity index is 1330. The molecule has 0 saturated heterocycles. The molecule has 0 N–H and O–H groups in total. The highest BCUT2D eigenvalue weighted by atomic mass is 32.1. The monoisotopic (exact) mass is 450 g/mol.